The molecule has 1 nitrogen and oxygen atoms in total. The molecule has 1 N–H and O–H groups in total. The third-order valence-corrected chi connectivity index (χ3v) is 4.39. The molecule has 2 aromatic rings. The normalized spacial score (nSPS) is 12.4. The topological polar surface area (TPSA) is 12.0 Å². The Labute approximate surface area is 129 Å². The fourth-order valence-corrected chi connectivity index (χ4v) is 3.11. The molecule has 2 aromatic carbocycles. The van der Waals surface area contributed by atoms with E-state index in [-0.39, 0.29) is 0 Å². The zero-order valence-corrected chi connectivity index (χ0v) is 14.0. The molecule has 0 amide bonds. The monoisotopic (exact) mass is 281 g/mol. The lowest BCUT2D eigenvalue weighted by atomic mass is 9.91. The summed E-state index contributed by atoms with van der Waals surface area (Å²) in [4.78, 5) is 0. The molecule has 0 saturated heterocycles. The van der Waals surface area contributed by atoms with Crippen LogP contribution in [0.15, 0.2) is 36.4 Å². The molecule has 0 saturated carbocycles. The number of nitrogens with one attached hydrogen (secondary N) is 1. The standard InChI is InChI=1S/C20H27N/c1-6-17-7-9-18(10-8-17)20(21-5)13-19-15(3)11-14(2)12-16(19)4/h7-12,20-21H,6,13H2,1-5H3. The molecule has 1 heteroatoms. The van der Waals surface area contributed by atoms with Crippen molar-refractivity contribution in [1.29, 1.82) is 0 Å². The van der Waals surface area contributed by atoms with Crippen LogP contribution in [0.3, 0.4) is 0 Å². The molecule has 0 spiro atoms. The van der Waals surface area contributed by atoms with Crippen LogP contribution in [-0.2, 0) is 12.8 Å². The van der Waals surface area contributed by atoms with Gasteiger partial charge in [0.1, 0.15) is 0 Å². The van der Waals surface area contributed by atoms with Gasteiger partial charge in [-0.3, -0.25) is 0 Å². The van der Waals surface area contributed by atoms with Crippen molar-refractivity contribution in [2.45, 2.75) is 46.6 Å². The summed E-state index contributed by atoms with van der Waals surface area (Å²) in [5.41, 5.74) is 8.39. The molecule has 0 aliphatic rings. The first-order valence-corrected chi connectivity index (χ1v) is 7.88. The average molecular weight is 281 g/mol. The SMILES string of the molecule is CCc1ccc(C(Cc2c(C)cc(C)cc2C)NC)cc1. The van der Waals surface area contributed by atoms with Gasteiger partial charge in [-0.15, -0.1) is 0 Å². The van der Waals surface area contributed by atoms with E-state index in [0.29, 0.717) is 6.04 Å². The van der Waals surface area contributed by atoms with Crippen molar-refractivity contribution in [3.8, 4) is 0 Å². The average Bonchev–Trinajstić information content (AvgIpc) is 2.47. The van der Waals surface area contributed by atoms with E-state index in [9.17, 15) is 0 Å². The summed E-state index contributed by atoms with van der Waals surface area (Å²) in [5, 5.41) is 3.47. The van der Waals surface area contributed by atoms with Crippen LogP contribution >= 0.6 is 0 Å². The number of hydrogen-bond donors (Lipinski definition) is 1. The Kier molecular flexibility index (Phi) is 5.19. The predicted molar refractivity (Wildman–Crippen MR) is 92.0 cm³/mol. The van der Waals surface area contributed by atoms with E-state index in [1.165, 1.54) is 33.4 Å². The molecule has 0 radical (unpaired) electrons. The first-order chi connectivity index (χ1) is 10.0. The zero-order valence-electron chi connectivity index (χ0n) is 14.0. The van der Waals surface area contributed by atoms with Crippen LogP contribution in [0, 0.1) is 20.8 Å². The third-order valence-electron chi connectivity index (χ3n) is 4.39. The Bertz CT molecular complexity index is 573. The molecule has 2 rings (SSSR count). The van der Waals surface area contributed by atoms with Gasteiger partial charge < -0.3 is 5.32 Å². The van der Waals surface area contributed by atoms with E-state index in [2.05, 4.69) is 76.5 Å². The van der Waals surface area contributed by atoms with E-state index >= 15 is 0 Å². The van der Waals surface area contributed by atoms with Gasteiger partial charge in [0.05, 0.1) is 0 Å². The van der Waals surface area contributed by atoms with E-state index in [1.54, 1.807) is 0 Å². The smallest absolute Gasteiger partial charge is 0.0358 e. The Hall–Kier alpha value is -1.60. The molecule has 0 aliphatic heterocycles. The fourth-order valence-electron chi connectivity index (χ4n) is 3.11. The quantitative estimate of drug-likeness (QED) is 0.839. The van der Waals surface area contributed by atoms with Gasteiger partial charge >= 0.3 is 0 Å². The van der Waals surface area contributed by atoms with Crippen molar-refractivity contribution in [1.82, 2.24) is 5.32 Å². The highest BCUT2D eigenvalue weighted by molar-refractivity contribution is 5.39. The van der Waals surface area contributed by atoms with E-state index < -0.39 is 0 Å². The highest BCUT2D eigenvalue weighted by atomic mass is 14.9. The Balaban J connectivity index is 2.26. The van der Waals surface area contributed by atoms with Gasteiger partial charge in [0.15, 0.2) is 0 Å². The lowest BCUT2D eigenvalue weighted by Crippen LogP contribution is -2.19. The minimum absolute atomic E-state index is 0.371. The van der Waals surface area contributed by atoms with Crippen LogP contribution in [0.2, 0.25) is 0 Å². The largest absolute Gasteiger partial charge is 0.313 e. The second kappa shape index (κ2) is 6.91. The van der Waals surface area contributed by atoms with E-state index in [0.717, 1.165) is 12.8 Å². The first-order valence-electron chi connectivity index (χ1n) is 7.88. The van der Waals surface area contributed by atoms with E-state index in [4.69, 9.17) is 0 Å². The van der Waals surface area contributed by atoms with Gasteiger partial charge in [0.25, 0.3) is 0 Å². The number of likely N-dealkylation sites (N-methyl/N-ethyl adjacent to an activating group) is 1. The molecule has 112 valence electrons. The summed E-state index contributed by atoms with van der Waals surface area (Å²) in [5.74, 6) is 0. The molecular formula is C20H27N. The minimum atomic E-state index is 0.371. The maximum atomic E-state index is 3.47. The van der Waals surface area contributed by atoms with Crippen LogP contribution in [0.1, 0.15) is 46.3 Å². The van der Waals surface area contributed by atoms with Crippen molar-refractivity contribution in [2.24, 2.45) is 0 Å². The third kappa shape index (κ3) is 3.74. The molecule has 1 atom stereocenters. The van der Waals surface area contributed by atoms with Crippen LogP contribution in [0.5, 0.6) is 0 Å². The van der Waals surface area contributed by atoms with Crippen molar-refractivity contribution < 1.29 is 0 Å². The lowest BCUT2D eigenvalue weighted by molar-refractivity contribution is 0.589. The van der Waals surface area contributed by atoms with E-state index in [1.807, 2.05) is 0 Å². The van der Waals surface area contributed by atoms with Crippen molar-refractivity contribution in [3.63, 3.8) is 0 Å². The summed E-state index contributed by atoms with van der Waals surface area (Å²) >= 11 is 0. The number of aryl methyl sites for hydroxylation is 4. The molecule has 0 aromatic heterocycles. The van der Waals surface area contributed by atoms with Gasteiger partial charge in [-0.25, -0.2) is 0 Å². The van der Waals surface area contributed by atoms with Gasteiger partial charge in [0.2, 0.25) is 0 Å². The van der Waals surface area contributed by atoms with Gasteiger partial charge in [0, 0.05) is 6.04 Å². The van der Waals surface area contributed by atoms with Gasteiger partial charge in [-0.1, -0.05) is 48.9 Å². The fraction of sp³-hybridized carbons (Fsp3) is 0.400. The second-order valence-electron chi connectivity index (χ2n) is 6.02. The maximum Gasteiger partial charge on any atom is 0.0358 e. The summed E-state index contributed by atoms with van der Waals surface area (Å²) < 4.78 is 0. The van der Waals surface area contributed by atoms with Crippen molar-refractivity contribution in [2.75, 3.05) is 7.05 Å². The second-order valence-corrected chi connectivity index (χ2v) is 6.02. The lowest BCUT2D eigenvalue weighted by Gasteiger charge is -2.20. The molecule has 0 bridgehead atoms. The predicted octanol–water partition coefficient (Wildman–Crippen LogP) is 4.68. The van der Waals surface area contributed by atoms with Crippen LogP contribution in [0.4, 0.5) is 0 Å². The summed E-state index contributed by atoms with van der Waals surface area (Å²) in [7, 11) is 2.05. The van der Waals surface area contributed by atoms with Crippen LogP contribution in [-0.4, -0.2) is 7.05 Å². The molecule has 0 heterocycles. The van der Waals surface area contributed by atoms with Crippen molar-refractivity contribution >= 4 is 0 Å². The highest BCUT2D eigenvalue weighted by Crippen LogP contribution is 2.24. The number of hydrogen-bond acceptors (Lipinski definition) is 1. The molecule has 0 aliphatic carbocycles. The van der Waals surface area contributed by atoms with Crippen LogP contribution in [0.25, 0.3) is 0 Å². The molecule has 1 unspecified atom stereocenters. The number of benzene rings is 2. The van der Waals surface area contributed by atoms with Crippen molar-refractivity contribution in [3.05, 3.63) is 69.8 Å². The highest BCUT2D eigenvalue weighted by Gasteiger charge is 2.13. The zero-order chi connectivity index (χ0) is 15.4. The molecular weight excluding hydrogens is 254 g/mol. The Morgan fingerprint density at radius 3 is 2.00 bits per heavy atom. The summed E-state index contributed by atoms with van der Waals surface area (Å²) in [6, 6.07) is 14.0. The Morgan fingerprint density at radius 1 is 0.952 bits per heavy atom. The minimum Gasteiger partial charge on any atom is -0.313 e. The van der Waals surface area contributed by atoms with Gasteiger partial charge in [-0.2, -0.15) is 0 Å². The maximum absolute atomic E-state index is 3.47. The van der Waals surface area contributed by atoms with Gasteiger partial charge in [-0.05, 0) is 68.5 Å². The Morgan fingerprint density at radius 2 is 1.52 bits per heavy atom. The molecule has 0 fully saturated rings. The number of rotatable bonds is 5. The molecule has 21 heavy (non-hydrogen) atoms. The summed E-state index contributed by atoms with van der Waals surface area (Å²) in [6.07, 6.45) is 2.14. The van der Waals surface area contributed by atoms with Crippen LogP contribution < -0.4 is 5.32 Å². The summed E-state index contributed by atoms with van der Waals surface area (Å²) in [6.45, 7) is 8.82. The first kappa shape index (κ1) is 15.8.